The first kappa shape index (κ1) is 26.4. The Kier molecular flexibility index (Phi) is 7.57. The van der Waals surface area contributed by atoms with Gasteiger partial charge in [0, 0.05) is 37.1 Å². The Bertz CT molecular complexity index is 1480. The van der Waals surface area contributed by atoms with Crippen LogP contribution in [-0.4, -0.2) is 80.5 Å². The molecule has 1 N–H and O–H groups in total. The standard InChI is InChI=1S/C22H26ClN5O6S2/c1-13-20(36(31,32)28-7-5-26(2)6-8-28)19-21(35-13)24-12-27(22(19)30)11-18(29)25-15-9-14(23)16(33-3)10-17(15)34-4/h9-10,12H,5-8,11H2,1-4H3,(H,25,29). The van der Waals surface area contributed by atoms with Crippen LogP contribution in [0, 0.1) is 6.92 Å². The van der Waals surface area contributed by atoms with Crippen LogP contribution in [0.1, 0.15) is 4.88 Å². The number of likely N-dealkylation sites (N-methyl/N-ethyl adjacent to an activating group) is 1. The number of piperazine rings is 1. The van der Waals surface area contributed by atoms with Gasteiger partial charge >= 0.3 is 0 Å². The SMILES string of the molecule is COc1cc(OC)c(NC(=O)Cn2cnc3sc(C)c(S(=O)(=O)N4CCN(C)CC4)c3c2=O)cc1Cl. The van der Waals surface area contributed by atoms with E-state index in [1.54, 1.807) is 6.92 Å². The fourth-order valence-corrected chi connectivity index (χ4v) is 7.33. The van der Waals surface area contributed by atoms with Crippen molar-refractivity contribution in [3.8, 4) is 11.5 Å². The van der Waals surface area contributed by atoms with Gasteiger partial charge in [-0.25, -0.2) is 13.4 Å². The molecule has 0 aliphatic carbocycles. The second kappa shape index (κ2) is 10.3. The summed E-state index contributed by atoms with van der Waals surface area (Å²) in [5.41, 5.74) is -0.313. The number of fused-ring (bicyclic) bond motifs is 1. The summed E-state index contributed by atoms with van der Waals surface area (Å²) >= 11 is 7.31. The van der Waals surface area contributed by atoms with Crippen LogP contribution >= 0.6 is 22.9 Å². The highest BCUT2D eigenvalue weighted by Crippen LogP contribution is 2.36. The highest BCUT2D eigenvalue weighted by molar-refractivity contribution is 7.89. The average molecular weight is 556 g/mol. The summed E-state index contributed by atoms with van der Waals surface area (Å²) in [6.45, 7) is 3.13. The number of sulfonamides is 1. The Morgan fingerprint density at radius 2 is 1.83 bits per heavy atom. The predicted molar refractivity (Wildman–Crippen MR) is 138 cm³/mol. The fourth-order valence-electron chi connectivity index (χ4n) is 4.00. The van der Waals surface area contributed by atoms with E-state index in [0.29, 0.717) is 53.1 Å². The summed E-state index contributed by atoms with van der Waals surface area (Å²) in [6.07, 6.45) is 1.24. The molecule has 194 valence electrons. The van der Waals surface area contributed by atoms with Gasteiger partial charge in [0.1, 0.15) is 27.8 Å². The number of aromatic nitrogens is 2. The van der Waals surface area contributed by atoms with Gasteiger partial charge < -0.3 is 19.7 Å². The molecule has 4 rings (SSSR count). The van der Waals surface area contributed by atoms with Gasteiger partial charge in [-0.05, 0) is 20.0 Å². The van der Waals surface area contributed by atoms with E-state index in [-0.39, 0.29) is 15.3 Å². The topological polar surface area (TPSA) is 123 Å². The number of carbonyl (C=O) groups excluding carboxylic acids is 1. The summed E-state index contributed by atoms with van der Waals surface area (Å²) < 4.78 is 39.9. The first-order valence-electron chi connectivity index (χ1n) is 11.0. The van der Waals surface area contributed by atoms with Gasteiger partial charge in [0.2, 0.25) is 15.9 Å². The molecular weight excluding hydrogens is 530 g/mol. The third kappa shape index (κ3) is 4.93. The van der Waals surface area contributed by atoms with Crippen molar-refractivity contribution in [1.29, 1.82) is 0 Å². The molecule has 1 saturated heterocycles. The van der Waals surface area contributed by atoms with Gasteiger partial charge in [0.25, 0.3) is 5.56 Å². The predicted octanol–water partition coefficient (Wildman–Crippen LogP) is 2.01. The van der Waals surface area contributed by atoms with E-state index < -0.39 is 28.0 Å². The van der Waals surface area contributed by atoms with E-state index in [1.165, 1.54) is 37.0 Å². The number of amides is 1. The quantitative estimate of drug-likeness (QED) is 0.470. The zero-order valence-corrected chi connectivity index (χ0v) is 22.6. The third-order valence-corrected chi connectivity index (χ3v) is 9.43. The lowest BCUT2D eigenvalue weighted by molar-refractivity contribution is -0.116. The highest BCUT2D eigenvalue weighted by Gasteiger charge is 2.33. The van der Waals surface area contributed by atoms with Crippen LogP contribution in [0.2, 0.25) is 5.02 Å². The maximum atomic E-state index is 13.5. The minimum Gasteiger partial charge on any atom is -0.495 e. The average Bonchev–Trinajstić information content (AvgIpc) is 3.19. The van der Waals surface area contributed by atoms with E-state index in [0.717, 1.165) is 15.9 Å². The maximum absolute atomic E-state index is 13.5. The smallest absolute Gasteiger partial charge is 0.263 e. The number of thiophene rings is 1. The van der Waals surface area contributed by atoms with Gasteiger partial charge in [-0.15, -0.1) is 11.3 Å². The maximum Gasteiger partial charge on any atom is 0.263 e. The van der Waals surface area contributed by atoms with Crippen molar-refractivity contribution in [3.63, 3.8) is 0 Å². The second-order valence-corrected chi connectivity index (χ2v) is 11.8. The number of carbonyl (C=O) groups is 1. The van der Waals surface area contributed by atoms with Gasteiger partial charge in [0.15, 0.2) is 0 Å². The van der Waals surface area contributed by atoms with Crippen LogP contribution in [0.4, 0.5) is 5.69 Å². The van der Waals surface area contributed by atoms with Crippen molar-refractivity contribution in [2.75, 3.05) is 52.8 Å². The molecule has 1 amide bonds. The third-order valence-electron chi connectivity index (χ3n) is 5.92. The first-order valence-corrected chi connectivity index (χ1v) is 13.6. The van der Waals surface area contributed by atoms with Crippen LogP contribution in [0.25, 0.3) is 10.2 Å². The molecule has 2 aromatic heterocycles. The molecule has 14 heteroatoms. The molecule has 3 aromatic rings. The minimum absolute atomic E-state index is 0.00296. The molecule has 11 nitrogen and oxygen atoms in total. The summed E-state index contributed by atoms with van der Waals surface area (Å²) in [5, 5.41) is 2.93. The second-order valence-electron chi connectivity index (χ2n) is 8.29. The Morgan fingerprint density at radius 3 is 2.47 bits per heavy atom. The monoisotopic (exact) mass is 555 g/mol. The summed E-state index contributed by atoms with van der Waals surface area (Å²) in [6, 6.07) is 3.01. The number of hydrogen-bond acceptors (Lipinski definition) is 9. The first-order chi connectivity index (χ1) is 17.1. The molecule has 36 heavy (non-hydrogen) atoms. The summed E-state index contributed by atoms with van der Waals surface area (Å²) in [4.78, 5) is 33.3. The van der Waals surface area contributed by atoms with Crippen LogP contribution < -0.4 is 20.3 Å². The van der Waals surface area contributed by atoms with Crippen molar-refractivity contribution < 1.29 is 22.7 Å². The molecule has 1 aromatic carbocycles. The van der Waals surface area contributed by atoms with Crippen molar-refractivity contribution in [2.24, 2.45) is 0 Å². The molecule has 1 aliphatic heterocycles. The Hall–Kier alpha value is -2.71. The van der Waals surface area contributed by atoms with E-state index >= 15 is 0 Å². The highest BCUT2D eigenvalue weighted by atomic mass is 35.5. The number of methoxy groups -OCH3 is 2. The molecular formula is C22H26ClN5O6S2. The van der Waals surface area contributed by atoms with Crippen LogP contribution in [0.15, 0.2) is 28.2 Å². The van der Waals surface area contributed by atoms with Crippen molar-refractivity contribution in [1.82, 2.24) is 18.8 Å². The lowest BCUT2D eigenvalue weighted by Crippen LogP contribution is -2.47. The fraction of sp³-hybridized carbons (Fsp3) is 0.409. The van der Waals surface area contributed by atoms with E-state index in [2.05, 4.69) is 10.3 Å². The van der Waals surface area contributed by atoms with Crippen LogP contribution in [0.3, 0.4) is 0 Å². The molecule has 1 aliphatic rings. The molecule has 1 fully saturated rings. The number of rotatable bonds is 7. The molecule has 0 saturated carbocycles. The minimum atomic E-state index is -3.92. The van der Waals surface area contributed by atoms with Gasteiger partial charge in [-0.1, -0.05) is 11.6 Å². The molecule has 0 unspecified atom stereocenters. The largest absolute Gasteiger partial charge is 0.495 e. The lowest BCUT2D eigenvalue weighted by Gasteiger charge is -2.31. The normalized spacial score (nSPS) is 15.2. The summed E-state index contributed by atoms with van der Waals surface area (Å²) in [5.74, 6) is 0.145. The number of anilines is 1. The molecule has 0 atom stereocenters. The number of nitrogens with one attached hydrogen (secondary N) is 1. The Balaban J connectivity index is 1.66. The van der Waals surface area contributed by atoms with E-state index in [1.807, 2.05) is 11.9 Å². The van der Waals surface area contributed by atoms with Gasteiger partial charge in [0.05, 0.1) is 36.6 Å². The zero-order valence-electron chi connectivity index (χ0n) is 20.2. The van der Waals surface area contributed by atoms with Crippen LogP contribution in [-0.2, 0) is 21.4 Å². The summed E-state index contributed by atoms with van der Waals surface area (Å²) in [7, 11) is 0.903. The number of hydrogen-bond donors (Lipinski definition) is 1. The number of aryl methyl sites for hydroxylation is 1. The molecule has 0 radical (unpaired) electrons. The Morgan fingerprint density at radius 1 is 1.17 bits per heavy atom. The van der Waals surface area contributed by atoms with Crippen molar-refractivity contribution in [3.05, 3.63) is 38.7 Å². The van der Waals surface area contributed by atoms with E-state index in [9.17, 15) is 18.0 Å². The molecule has 0 spiro atoms. The van der Waals surface area contributed by atoms with Crippen LogP contribution in [0.5, 0.6) is 11.5 Å². The van der Waals surface area contributed by atoms with E-state index in [4.69, 9.17) is 21.1 Å². The van der Waals surface area contributed by atoms with Gasteiger partial charge in [-0.2, -0.15) is 4.31 Å². The number of halogens is 1. The number of nitrogens with zero attached hydrogens (tertiary/aromatic N) is 4. The van der Waals surface area contributed by atoms with Crippen molar-refractivity contribution >= 4 is 54.8 Å². The van der Waals surface area contributed by atoms with Crippen molar-refractivity contribution in [2.45, 2.75) is 18.4 Å². The molecule has 3 heterocycles. The molecule has 0 bridgehead atoms. The van der Waals surface area contributed by atoms with Gasteiger partial charge in [-0.3, -0.25) is 14.2 Å². The zero-order chi connectivity index (χ0) is 26.2. The Labute approximate surface area is 217 Å². The number of ether oxygens (including phenoxy) is 2. The number of benzene rings is 1. The lowest BCUT2D eigenvalue weighted by atomic mass is 10.2.